The summed E-state index contributed by atoms with van der Waals surface area (Å²) in [7, 11) is 0. The van der Waals surface area contributed by atoms with Crippen molar-refractivity contribution in [3.05, 3.63) is 42.5 Å². The topological polar surface area (TPSA) is 29.5 Å². The van der Waals surface area contributed by atoms with Gasteiger partial charge >= 0.3 is 5.97 Å². The molecule has 0 atom stereocenters. The van der Waals surface area contributed by atoms with Gasteiger partial charge in [-0.1, -0.05) is 32.6 Å². The van der Waals surface area contributed by atoms with E-state index in [1.165, 1.54) is 11.8 Å². The van der Waals surface area contributed by atoms with Gasteiger partial charge in [0, 0.05) is 24.9 Å². The number of benzene rings is 1. The lowest BCUT2D eigenvalue weighted by atomic mass is 10.2. The van der Waals surface area contributed by atoms with Crippen LogP contribution in [-0.2, 0) is 16.1 Å². The Morgan fingerprint density at radius 3 is 2.26 bits per heavy atom. The van der Waals surface area contributed by atoms with E-state index in [4.69, 9.17) is 4.74 Å². The molecule has 0 amide bonds. The van der Waals surface area contributed by atoms with E-state index in [1.807, 2.05) is 12.1 Å². The van der Waals surface area contributed by atoms with Crippen molar-refractivity contribution in [1.82, 2.24) is 0 Å². The van der Waals surface area contributed by atoms with Gasteiger partial charge in [-0.25, -0.2) is 4.79 Å². The molecular formula is C16H23NO2. The zero-order valence-electron chi connectivity index (χ0n) is 11.9. The number of esters is 1. The molecule has 0 bridgehead atoms. The maximum atomic E-state index is 11.0. The van der Waals surface area contributed by atoms with Crippen molar-refractivity contribution >= 4 is 11.7 Å². The van der Waals surface area contributed by atoms with Crippen molar-refractivity contribution in [2.24, 2.45) is 0 Å². The predicted octanol–water partition coefficient (Wildman–Crippen LogP) is 3.54. The molecule has 0 aliphatic heterocycles. The third-order valence-electron chi connectivity index (χ3n) is 2.84. The molecule has 0 aliphatic carbocycles. The standard InChI is InChI=1S/C16H23NO2/c1-4-11-17(12-5-2)15-9-7-14(8-10-15)13-19-16(18)6-3/h6-10H,3-5,11-13H2,1-2H3. The first-order chi connectivity index (χ1) is 9.21. The minimum atomic E-state index is -0.386. The fraction of sp³-hybridized carbons (Fsp3) is 0.438. The number of carbonyl (C=O) groups is 1. The fourth-order valence-electron chi connectivity index (χ4n) is 1.93. The highest BCUT2D eigenvalue weighted by molar-refractivity contribution is 5.81. The van der Waals surface area contributed by atoms with Crippen molar-refractivity contribution in [3.63, 3.8) is 0 Å². The minimum absolute atomic E-state index is 0.298. The quantitative estimate of drug-likeness (QED) is 0.529. The summed E-state index contributed by atoms with van der Waals surface area (Å²) in [4.78, 5) is 13.4. The van der Waals surface area contributed by atoms with Crippen LogP contribution in [0.1, 0.15) is 32.3 Å². The summed E-state index contributed by atoms with van der Waals surface area (Å²) in [5.41, 5.74) is 2.22. The van der Waals surface area contributed by atoms with Crippen LogP contribution in [-0.4, -0.2) is 19.1 Å². The Morgan fingerprint density at radius 1 is 1.21 bits per heavy atom. The van der Waals surface area contributed by atoms with Crippen LogP contribution in [0.4, 0.5) is 5.69 Å². The average Bonchev–Trinajstić information content (AvgIpc) is 2.45. The SMILES string of the molecule is C=CC(=O)OCc1ccc(N(CCC)CCC)cc1. The molecule has 19 heavy (non-hydrogen) atoms. The lowest BCUT2D eigenvalue weighted by Gasteiger charge is -2.23. The molecule has 0 saturated heterocycles. The van der Waals surface area contributed by atoms with Crippen LogP contribution in [0.5, 0.6) is 0 Å². The van der Waals surface area contributed by atoms with Crippen molar-refractivity contribution < 1.29 is 9.53 Å². The first-order valence-electron chi connectivity index (χ1n) is 6.84. The monoisotopic (exact) mass is 261 g/mol. The number of carbonyl (C=O) groups excluding carboxylic acids is 1. The zero-order valence-corrected chi connectivity index (χ0v) is 11.9. The number of hydrogen-bond acceptors (Lipinski definition) is 3. The molecule has 1 rings (SSSR count). The first kappa shape index (κ1) is 15.3. The van der Waals surface area contributed by atoms with Gasteiger partial charge in [-0.2, -0.15) is 0 Å². The van der Waals surface area contributed by atoms with Gasteiger partial charge in [0.25, 0.3) is 0 Å². The van der Waals surface area contributed by atoms with Gasteiger partial charge < -0.3 is 9.64 Å². The van der Waals surface area contributed by atoms with Crippen LogP contribution in [0.15, 0.2) is 36.9 Å². The van der Waals surface area contributed by atoms with E-state index in [1.54, 1.807) is 0 Å². The van der Waals surface area contributed by atoms with E-state index >= 15 is 0 Å². The minimum Gasteiger partial charge on any atom is -0.458 e. The van der Waals surface area contributed by atoms with Gasteiger partial charge in [0.1, 0.15) is 6.61 Å². The van der Waals surface area contributed by atoms with Crippen LogP contribution in [0.3, 0.4) is 0 Å². The summed E-state index contributed by atoms with van der Waals surface area (Å²) in [6.07, 6.45) is 3.45. The van der Waals surface area contributed by atoms with Gasteiger partial charge in [0.15, 0.2) is 0 Å². The van der Waals surface area contributed by atoms with Gasteiger partial charge in [0.2, 0.25) is 0 Å². The first-order valence-corrected chi connectivity index (χ1v) is 6.84. The molecule has 0 spiro atoms. The number of rotatable bonds is 8. The van der Waals surface area contributed by atoms with E-state index in [0.29, 0.717) is 6.61 Å². The second-order valence-electron chi connectivity index (χ2n) is 4.47. The molecule has 0 N–H and O–H groups in total. The molecule has 3 heteroatoms. The molecule has 0 aromatic heterocycles. The van der Waals surface area contributed by atoms with Crippen molar-refractivity contribution in [2.75, 3.05) is 18.0 Å². The van der Waals surface area contributed by atoms with E-state index in [-0.39, 0.29) is 5.97 Å². The Bertz CT molecular complexity index is 392. The zero-order chi connectivity index (χ0) is 14.1. The van der Waals surface area contributed by atoms with Crippen LogP contribution >= 0.6 is 0 Å². The third kappa shape index (κ3) is 5.16. The molecule has 104 valence electrons. The summed E-state index contributed by atoms with van der Waals surface area (Å²) in [5.74, 6) is -0.386. The lowest BCUT2D eigenvalue weighted by molar-refractivity contribution is -0.138. The lowest BCUT2D eigenvalue weighted by Crippen LogP contribution is -2.24. The Labute approximate surface area is 115 Å². The summed E-state index contributed by atoms with van der Waals surface area (Å²) in [6, 6.07) is 8.18. The molecule has 0 unspecified atom stereocenters. The summed E-state index contributed by atoms with van der Waals surface area (Å²) in [6.45, 7) is 10.2. The Balaban J connectivity index is 2.63. The Hall–Kier alpha value is -1.77. The summed E-state index contributed by atoms with van der Waals surface area (Å²) < 4.78 is 5.00. The van der Waals surface area contributed by atoms with E-state index < -0.39 is 0 Å². The van der Waals surface area contributed by atoms with Crippen LogP contribution in [0.2, 0.25) is 0 Å². The number of nitrogens with zero attached hydrogens (tertiary/aromatic N) is 1. The smallest absolute Gasteiger partial charge is 0.330 e. The number of hydrogen-bond donors (Lipinski definition) is 0. The molecule has 0 radical (unpaired) electrons. The van der Waals surface area contributed by atoms with Crippen LogP contribution in [0.25, 0.3) is 0 Å². The second-order valence-corrected chi connectivity index (χ2v) is 4.47. The highest BCUT2D eigenvalue weighted by Crippen LogP contribution is 2.16. The molecule has 0 fully saturated rings. The van der Waals surface area contributed by atoms with E-state index in [2.05, 4.69) is 37.5 Å². The van der Waals surface area contributed by atoms with Crippen molar-refractivity contribution in [1.29, 1.82) is 0 Å². The maximum Gasteiger partial charge on any atom is 0.330 e. The third-order valence-corrected chi connectivity index (χ3v) is 2.84. The van der Waals surface area contributed by atoms with Gasteiger partial charge in [0.05, 0.1) is 0 Å². The highest BCUT2D eigenvalue weighted by atomic mass is 16.5. The average molecular weight is 261 g/mol. The number of anilines is 1. The molecule has 0 heterocycles. The molecule has 1 aromatic carbocycles. The van der Waals surface area contributed by atoms with Gasteiger partial charge in [-0.3, -0.25) is 0 Å². The Morgan fingerprint density at radius 2 is 1.79 bits per heavy atom. The molecular weight excluding hydrogens is 238 g/mol. The molecule has 0 saturated carbocycles. The van der Waals surface area contributed by atoms with Gasteiger partial charge in [-0.15, -0.1) is 0 Å². The fourth-order valence-corrected chi connectivity index (χ4v) is 1.93. The maximum absolute atomic E-state index is 11.0. The van der Waals surface area contributed by atoms with E-state index in [9.17, 15) is 4.79 Å². The number of ether oxygens (including phenoxy) is 1. The second kappa shape index (κ2) is 8.35. The molecule has 3 nitrogen and oxygen atoms in total. The van der Waals surface area contributed by atoms with E-state index in [0.717, 1.165) is 31.5 Å². The summed E-state index contributed by atoms with van der Waals surface area (Å²) in [5, 5.41) is 0. The van der Waals surface area contributed by atoms with Crippen LogP contribution < -0.4 is 4.90 Å². The van der Waals surface area contributed by atoms with Crippen LogP contribution in [0, 0.1) is 0 Å². The summed E-state index contributed by atoms with van der Waals surface area (Å²) >= 11 is 0. The van der Waals surface area contributed by atoms with Gasteiger partial charge in [-0.05, 0) is 30.5 Å². The largest absolute Gasteiger partial charge is 0.458 e. The van der Waals surface area contributed by atoms with Crippen molar-refractivity contribution in [2.45, 2.75) is 33.3 Å². The predicted molar refractivity (Wildman–Crippen MR) is 79.2 cm³/mol. The highest BCUT2D eigenvalue weighted by Gasteiger charge is 2.04. The Kier molecular flexibility index (Phi) is 6.72. The normalized spacial score (nSPS) is 10.0. The van der Waals surface area contributed by atoms with Crippen molar-refractivity contribution in [3.8, 4) is 0 Å². The molecule has 1 aromatic rings. The molecule has 0 aliphatic rings.